The number of allylic oxidation sites excluding steroid dienone is 5. The molecule has 3 aromatic rings. The maximum Gasteiger partial charge on any atom is 0.161 e. The number of anilines is 2. The predicted octanol–water partition coefficient (Wildman–Crippen LogP) is 8.41. The minimum atomic E-state index is -0.00630. The second kappa shape index (κ2) is 17.1. The van der Waals surface area contributed by atoms with Crippen molar-refractivity contribution in [3.05, 3.63) is 108 Å². The van der Waals surface area contributed by atoms with Crippen LogP contribution in [0.4, 0.5) is 11.4 Å². The zero-order valence-electron chi connectivity index (χ0n) is 23.3. The van der Waals surface area contributed by atoms with Gasteiger partial charge in [0.05, 0.1) is 5.56 Å². The molecule has 200 valence electrons. The highest BCUT2D eigenvalue weighted by Gasteiger charge is 2.09. The Morgan fingerprint density at radius 3 is 2.18 bits per heavy atom. The summed E-state index contributed by atoms with van der Waals surface area (Å²) in [6, 6.07) is 18.9. The summed E-state index contributed by atoms with van der Waals surface area (Å²) >= 11 is 0. The second-order valence-electron chi connectivity index (χ2n) is 8.31. The zero-order valence-corrected chi connectivity index (χ0v) is 23.3. The van der Waals surface area contributed by atoms with E-state index in [0.29, 0.717) is 11.8 Å². The number of phenolic OH excluding ortho intramolecular Hbond substituents is 1. The van der Waals surface area contributed by atoms with Gasteiger partial charge in [0.2, 0.25) is 0 Å². The summed E-state index contributed by atoms with van der Waals surface area (Å²) in [6.45, 7) is 11.5. The first-order chi connectivity index (χ1) is 18.3. The van der Waals surface area contributed by atoms with Gasteiger partial charge in [0, 0.05) is 36.6 Å². The number of phenols is 1. The normalized spacial score (nSPS) is 10.4. The van der Waals surface area contributed by atoms with Crippen LogP contribution in [0.1, 0.15) is 60.4 Å². The van der Waals surface area contributed by atoms with E-state index in [9.17, 15) is 14.7 Å². The molecule has 0 aliphatic rings. The molecule has 0 aromatic heterocycles. The van der Waals surface area contributed by atoms with Crippen LogP contribution in [0.2, 0.25) is 0 Å². The van der Waals surface area contributed by atoms with Crippen LogP contribution in [0.5, 0.6) is 5.75 Å². The molecule has 0 bridgehead atoms. The molecule has 3 rings (SSSR count). The number of carbonyl (C=O) groups is 2. The average Bonchev–Trinajstić information content (AvgIpc) is 2.94. The summed E-state index contributed by atoms with van der Waals surface area (Å²) in [6.07, 6.45) is 9.29. The van der Waals surface area contributed by atoms with Gasteiger partial charge in [0.1, 0.15) is 5.75 Å². The van der Waals surface area contributed by atoms with Crippen LogP contribution in [-0.4, -0.2) is 31.3 Å². The smallest absolute Gasteiger partial charge is 0.161 e. The van der Waals surface area contributed by atoms with Crippen LogP contribution < -0.4 is 10.6 Å². The fraction of sp³-hybridized carbons (Fsp3) is 0.212. The van der Waals surface area contributed by atoms with Gasteiger partial charge >= 0.3 is 0 Å². The fourth-order valence-electron chi connectivity index (χ4n) is 3.49. The molecule has 0 atom stereocenters. The molecule has 0 fully saturated rings. The van der Waals surface area contributed by atoms with E-state index in [1.165, 1.54) is 12.5 Å². The standard InChI is InChI=1S/C16H18N2O.C14H14O2.C3H8/c1-11(19)13-9-8-12(10-16(13)18-3)14-6-4-5-7-15(14)17-2;1-3-5-6-11(4-2)12-7-8-14(16)13(9-12)10-15;1-3-2/h4-10,17-18H,1-3H3;3-10,16H,2H2,1H3;3H2,1-2H3/b;5-3-,11-6+;. The van der Waals surface area contributed by atoms with Crippen LogP contribution in [-0.2, 0) is 0 Å². The molecule has 0 saturated heterocycles. The van der Waals surface area contributed by atoms with E-state index in [-0.39, 0.29) is 17.1 Å². The Morgan fingerprint density at radius 2 is 1.63 bits per heavy atom. The molecule has 5 nitrogen and oxygen atoms in total. The monoisotopic (exact) mass is 512 g/mol. The minimum Gasteiger partial charge on any atom is -0.507 e. The van der Waals surface area contributed by atoms with Gasteiger partial charge in [-0.2, -0.15) is 0 Å². The predicted molar refractivity (Wildman–Crippen MR) is 163 cm³/mol. The zero-order chi connectivity index (χ0) is 28.5. The molecule has 0 unspecified atom stereocenters. The topological polar surface area (TPSA) is 78.4 Å². The van der Waals surface area contributed by atoms with E-state index in [1.54, 1.807) is 25.1 Å². The number of ketones is 1. The first-order valence-corrected chi connectivity index (χ1v) is 12.6. The van der Waals surface area contributed by atoms with E-state index >= 15 is 0 Å². The van der Waals surface area contributed by atoms with Crippen molar-refractivity contribution in [2.24, 2.45) is 0 Å². The lowest BCUT2D eigenvalue weighted by Gasteiger charge is -2.12. The minimum absolute atomic E-state index is 0.00630. The van der Waals surface area contributed by atoms with Gasteiger partial charge in [-0.15, -0.1) is 0 Å². The third-order valence-electron chi connectivity index (χ3n) is 5.35. The summed E-state index contributed by atoms with van der Waals surface area (Å²) in [7, 11) is 3.73. The molecule has 0 saturated carbocycles. The molecule has 38 heavy (non-hydrogen) atoms. The molecule has 0 aliphatic carbocycles. The summed E-state index contributed by atoms with van der Waals surface area (Å²) < 4.78 is 0. The Bertz CT molecular complexity index is 1270. The Morgan fingerprint density at radius 1 is 0.974 bits per heavy atom. The maximum atomic E-state index is 11.5. The molecule has 5 heteroatoms. The molecular weight excluding hydrogens is 472 g/mol. The van der Waals surface area contributed by atoms with Crippen molar-refractivity contribution in [3.8, 4) is 16.9 Å². The number of nitrogens with one attached hydrogen (secondary N) is 2. The third-order valence-corrected chi connectivity index (χ3v) is 5.35. The Balaban J connectivity index is 0.000000349. The first-order valence-electron chi connectivity index (χ1n) is 12.6. The number of aromatic hydroxyl groups is 1. The molecule has 0 spiro atoms. The van der Waals surface area contributed by atoms with Crippen molar-refractivity contribution in [2.45, 2.75) is 34.1 Å². The Kier molecular flexibility index (Phi) is 14.3. The first kappa shape index (κ1) is 31.6. The van der Waals surface area contributed by atoms with Crippen molar-refractivity contribution >= 4 is 29.0 Å². The van der Waals surface area contributed by atoms with Crippen molar-refractivity contribution in [1.82, 2.24) is 0 Å². The molecule has 0 radical (unpaired) electrons. The van der Waals surface area contributed by atoms with Gasteiger partial charge in [0.15, 0.2) is 12.1 Å². The number of para-hydroxylation sites is 1. The van der Waals surface area contributed by atoms with Gasteiger partial charge in [-0.1, -0.05) is 81.5 Å². The highest BCUT2D eigenvalue weighted by Crippen LogP contribution is 2.31. The van der Waals surface area contributed by atoms with E-state index in [2.05, 4.69) is 37.1 Å². The summed E-state index contributed by atoms with van der Waals surface area (Å²) in [5.41, 5.74) is 6.89. The van der Waals surface area contributed by atoms with E-state index < -0.39 is 0 Å². The number of benzene rings is 3. The Hall–Kier alpha value is -4.38. The highest BCUT2D eigenvalue weighted by molar-refractivity contribution is 6.00. The lowest BCUT2D eigenvalue weighted by atomic mass is 9.99. The largest absolute Gasteiger partial charge is 0.507 e. The van der Waals surface area contributed by atoms with Crippen molar-refractivity contribution in [3.63, 3.8) is 0 Å². The fourth-order valence-corrected chi connectivity index (χ4v) is 3.49. The lowest BCUT2D eigenvalue weighted by molar-refractivity contribution is 0.101. The van der Waals surface area contributed by atoms with Crippen LogP contribution >= 0.6 is 0 Å². The molecule has 0 amide bonds. The number of carbonyl (C=O) groups excluding carboxylic acids is 2. The van der Waals surface area contributed by atoms with Crippen LogP contribution in [0.3, 0.4) is 0 Å². The summed E-state index contributed by atoms with van der Waals surface area (Å²) in [4.78, 5) is 22.2. The number of rotatable bonds is 8. The van der Waals surface area contributed by atoms with Gasteiger partial charge in [-0.25, -0.2) is 0 Å². The molecule has 3 N–H and O–H groups in total. The van der Waals surface area contributed by atoms with Crippen LogP contribution in [0.15, 0.2) is 91.5 Å². The number of aldehydes is 1. The van der Waals surface area contributed by atoms with E-state index in [1.807, 2.05) is 75.6 Å². The van der Waals surface area contributed by atoms with Gasteiger partial charge in [-0.05, 0) is 60.9 Å². The molecule has 0 aliphatic heterocycles. The van der Waals surface area contributed by atoms with Crippen molar-refractivity contribution in [2.75, 3.05) is 24.7 Å². The van der Waals surface area contributed by atoms with Crippen LogP contribution in [0.25, 0.3) is 16.7 Å². The number of hydrogen-bond acceptors (Lipinski definition) is 5. The maximum absolute atomic E-state index is 11.5. The lowest BCUT2D eigenvalue weighted by Crippen LogP contribution is -2.00. The average molecular weight is 513 g/mol. The molecule has 0 heterocycles. The highest BCUT2D eigenvalue weighted by atomic mass is 16.3. The number of hydrogen-bond donors (Lipinski definition) is 3. The SMILES string of the molecule is C=C/C(=C\C=C/C)c1ccc(O)c(C=O)c1.CCC.CNc1cc(-c2ccccc2NC)ccc1C(C)=O. The second-order valence-corrected chi connectivity index (χ2v) is 8.31. The Labute approximate surface area is 227 Å². The van der Waals surface area contributed by atoms with Gasteiger partial charge in [-0.3, -0.25) is 9.59 Å². The quantitative estimate of drug-likeness (QED) is 0.160. The van der Waals surface area contributed by atoms with E-state index in [0.717, 1.165) is 33.6 Å². The summed E-state index contributed by atoms with van der Waals surface area (Å²) in [5, 5.41) is 15.6. The van der Waals surface area contributed by atoms with E-state index in [4.69, 9.17) is 0 Å². The van der Waals surface area contributed by atoms with Crippen LogP contribution in [0, 0.1) is 0 Å². The van der Waals surface area contributed by atoms with Gasteiger partial charge in [0.25, 0.3) is 0 Å². The van der Waals surface area contributed by atoms with Crippen molar-refractivity contribution < 1.29 is 14.7 Å². The summed E-state index contributed by atoms with van der Waals surface area (Å²) in [5.74, 6) is 0.0611. The van der Waals surface area contributed by atoms with Crippen molar-refractivity contribution in [1.29, 1.82) is 0 Å². The number of Topliss-reactive ketones (excluding diaryl/α,β-unsaturated/α-hetero) is 1. The van der Waals surface area contributed by atoms with Gasteiger partial charge < -0.3 is 15.7 Å². The molecule has 3 aromatic carbocycles. The third kappa shape index (κ3) is 9.25. The molecular formula is C33H40N2O3.